The van der Waals surface area contributed by atoms with Crippen LogP contribution < -0.4 is 4.74 Å². The predicted octanol–water partition coefficient (Wildman–Crippen LogP) is 4.30. The van der Waals surface area contributed by atoms with Crippen molar-refractivity contribution < 1.29 is 13.9 Å². The Morgan fingerprint density at radius 2 is 2.00 bits per heavy atom. The normalized spacial score (nSPS) is 12.6. The average molecular weight is 434 g/mol. The second-order valence-corrected chi connectivity index (χ2v) is 12.3. The third-order valence-electron chi connectivity index (χ3n) is 3.20. The Morgan fingerprint density at radius 3 is 2.60 bits per heavy atom. The van der Waals surface area contributed by atoms with Crippen molar-refractivity contribution in [2.45, 2.75) is 26.7 Å². The molecule has 0 spiro atoms. The van der Waals surface area contributed by atoms with Crippen LogP contribution in [-0.4, -0.2) is 52.0 Å². The van der Waals surface area contributed by atoms with Gasteiger partial charge >= 0.3 is 6.01 Å². The molecule has 2 rings (SSSR count). The molecule has 0 atom stereocenters. The van der Waals surface area contributed by atoms with E-state index in [0.29, 0.717) is 22.7 Å². The van der Waals surface area contributed by atoms with E-state index < -0.39 is 10.0 Å². The Balaban J connectivity index is 2.18. The molecule has 0 aliphatic rings. The molecule has 1 heterocycles. The van der Waals surface area contributed by atoms with E-state index in [4.69, 9.17) is 9.47 Å². The van der Waals surface area contributed by atoms with Gasteiger partial charge in [-0.25, -0.2) is 14.4 Å². The van der Waals surface area contributed by atoms with E-state index in [1.807, 2.05) is 13.8 Å². The fraction of sp³-hybridized carbons (Fsp3) is 0.529. The summed E-state index contributed by atoms with van der Waals surface area (Å²) >= 11 is 3.25. The van der Waals surface area contributed by atoms with Gasteiger partial charge in [0.05, 0.1) is 18.3 Å². The van der Waals surface area contributed by atoms with Crippen LogP contribution in [0.4, 0.5) is 4.39 Å². The van der Waals surface area contributed by atoms with Gasteiger partial charge in [-0.15, -0.1) is 5.10 Å². The molecule has 0 unspecified atom stereocenters. The number of aromatic nitrogens is 3. The topological polar surface area (TPSA) is 49.2 Å². The van der Waals surface area contributed by atoms with Crippen LogP contribution in [0.15, 0.2) is 22.7 Å². The first-order chi connectivity index (χ1) is 11.7. The fourth-order valence-electron chi connectivity index (χ4n) is 1.95. The fourth-order valence-corrected chi connectivity index (χ4v) is 2.91. The maximum absolute atomic E-state index is 14.2. The Bertz CT molecular complexity index is 716. The van der Waals surface area contributed by atoms with Crippen LogP contribution in [0.1, 0.15) is 13.8 Å². The number of ether oxygens (including phenoxy) is 2. The molecule has 0 N–H and O–H groups in total. The number of halogens is 2. The highest BCUT2D eigenvalue weighted by molar-refractivity contribution is 9.10. The lowest BCUT2D eigenvalue weighted by Gasteiger charge is -2.24. The Hall–Kier alpha value is -1.12. The molecule has 0 saturated heterocycles. The highest BCUT2D eigenvalue weighted by Crippen LogP contribution is 2.33. The van der Waals surface area contributed by atoms with Crippen molar-refractivity contribution in [3.8, 4) is 17.4 Å². The van der Waals surface area contributed by atoms with Crippen LogP contribution in [-0.2, 0) is 11.5 Å². The molecule has 0 radical (unpaired) electrons. The van der Waals surface area contributed by atoms with E-state index in [2.05, 4.69) is 44.8 Å². The number of nitrogens with zero attached hydrogens (tertiary/aromatic N) is 3. The van der Waals surface area contributed by atoms with Crippen LogP contribution in [0.5, 0.6) is 6.01 Å². The summed E-state index contributed by atoms with van der Waals surface area (Å²) in [5.41, 5.74) is 0.328. The first-order valence-electron chi connectivity index (χ1n) is 7.96. The maximum atomic E-state index is 14.2. The van der Waals surface area contributed by atoms with E-state index >= 15 is 0 Å². The van der Waals surface area contributed by atoms with Crippen LogP contribution in [0.25, 0.3) is 11.4 Å². The van der Waals surface area contributed by atoms with Crippen molar-refractivity contribution in [2.24, 2.45) is 0 Å². The highest BCUT2D eigenvalue weighted by atomic mass is 79.9. The molecule has 0 aliphatic carbocycles. The molecule has 0 bridgehead atoms. The summed E-state index contributed by atoms with van der Waals surface area (Å²) in [5, 5.41) is 4.37. The van der Waals surface area contributed by atoms with Crippen LogP contribution in [0.3, 0.4) is 0 Å². The van der Waals surface area contributed by atoms with E-state index in [1.165, 1.54) is 10.7 Å². The SMILES string of the molecule is CC(C)Oc1nc(-c2ccc(Br)cc2F)nn1COCCS(C)(C)C. The van der Waals surface area contributed by atoms with Gasteiger partial charge in [-0.05, 0) is 50.8 Å². The average Bonchev–Trinajstić information content (AvgIpc) is 2.84. The number of benzene rings is 1. The first kappa shape index (κ1) is 20.2. The molecule has 8 heteroatoms. The minimum absolute atomic E-state index is 0.0652. The number of hydrogen-bond donors (Lipinski definition) is 0. The van der Waals surface area contributed by atoms with E-state index in [-0.39, 0.29) is 24.5 Å². The smallest absolute Gasteiger partial charge is 0.317 e. The van der Waals surface area contributed by atoms with Gasteiger partial charge in [-0.1, -0.05) is 15.9 Å². The van der Waals surface area contributed by atoms with Crippen molar-refractivity contribution in [1.29, 1.82) is 0 Å². The number of hydrogen-bond acceptors (Lipinski definition) is 4. The van der Waals surface area contributed by atoms with E-state index in [9.17, 15) is 4.39 Å². The van der Waals surface area contributed by atoms with Crippen LogP contribution in [0, 0.1) is 5.82 Å². The second kappa shape index (κ2) is 8.51. The van der Waals surface area contributed by atoms with Crippen molar-refractivity contribution in [3.05, 3.63) is 28.5 Å². The Labute approximate surface area is 158 Å². The molecule has 140 valence electrons. The van der Waals surface area contributed by atoms with Crippen molar-refractivity contribution in [1.82, 2.24) is 14.8 Å². The van der Waals surface area contributed by atoms with Crippen molar-refractivity contribution in [3.63, 3.8) is 0 Å². The molecule has 2 aromatic rings. The molecule has 0 aliphatic heterocycles. The van der Waals surface area contributed by atoms with Gasteiger partial charge in [0.2, 0.25) is 0 Å². The van der Waals surface area contributed by atoms with Gasteiger partial charge in [0, 0.05) is 10.2 Å². The van der Waals surface area contributed by atoms with Gasteiger partial charge in [-0.2, -0.15) is 9.67 Å². The molecule has 0 fully saturated rings. The van der Waals surface area contributed by atoms with Gasteiger partial charge in [-0.3, -0.25) is 0 Å². The molecular formula is C17H25BrFN3O2S. The summed E-state index contributed by atoms with van der Waals surface area (Å²) < 4.78 is 27.8. The number of rotatable bonds is 8. The van der Waals surface area contributed by atoms with Gasteiger partial charge in [0.1, 0.15) is 12.5 Å². The third kappa shape index (κ3) is 6.27. The predicted molar refractivity (Wildman–Crippen MR) is 105 cm³/mol. The summed E-state index contributed by atoms with van der Waals surface area (Å²) in [6.45, 7) is 4.68. The third-order valence-corrected chi connectivity index (χ3v) is 5.09. The zero-order valence-electron chi connectivity index (χ0n) is 15.3. The standard InChI is InChI=1S/C17H25BrFN3O2S/c1-12(2)24-17-20-16(14-7-6-13(18)10-15(14)19)21-22(17)11-23-8-9-25(3,4)5/h6-7,10,12H,8-9,11H2,1-5H3. The molecule has 1 aromatic heterocycles. The molecule has 5 nitrogen and oxygen atoms in total. The Morgan fingerprint density at radius 1 is 1.28 bits per heavy atom. The monoisotopic (exact) mass is 433 g/mol. The molecular weight excluding hydrogens is 409 g/mol. The van der Waals surface area contributed by atoms with Gasteiger partial charge in [0.15, 0.2) is 5.82 Å². The van der Waals surface area contributed by atoms with Gasteiger partial charge in [0.25, 0.3) is 0 Å². The minimum atomic E-state index is -0.611. The molecule has 0 amide bonds. The summed E-state index contributed by atoms with van der Waals surface area (Å²) in [5.74, 6) is 0.904. The molecule has 1 aromatic carbocycles. The largest absolute Gasteiger partial charge is 0.461 e. The second-order valence-electron chi connectivity index (χ2n) is 6.84. The van der Waals surface area contributed by atoms with Crippen molar-refractivity contribution >= 4 is 26.0 Å². The quantitative estimate of drug-likeness (QED) is 0.582. The van der Waals surface area contributed by atoms with E-state index in [0.717, 1.165) is 5.75 Å². The lowest BCUT2D eigenvalue weighted by Crippen LogP contribution is -2.15. The lowest BCUT2D eigenvalue weighted by molar-refractivity contribution is 0.0680. The molecule has 0 saturated carbocycles. The minimum Gasteiger partial charge on any atom is -0.461 e. The maximum Gasteiger partial charge on any atom is 0.317 e. The summed E-state index contributed by atoms with van der Waals surface area (Å²) in [4.78, 5) is 4.34. The molecule has 25 heavy (non-hydrogen) atoms. The highest BCUT2D eigenvalue weighted by Gasteiger charge is 2.17. The van der Waals surface area contributed by atoms with Crippen molar-refractivity contribution in [2.75, 3.05) is 31.1 Å². The Kier molecular flexibility index (Phi) is 6.87. The lowest BCUT2D eigenvalue weighted by atomic mass is 10.2. The van der Waals surface area contributed by atoms with Crippen LogP contribution in [0.2, 0.25) is 0 Å². The summed E-state index contributed by atoms with van der Waals surface area (Å²) in [7, 11) is -0.611. The summed E-state index contributed by atoms with van der Waals surface area (Å²) in [6, 6.07) is 5.12. The van der Waals surface area contributed by atoms with Gasteiger partial charge < -0.3 is 9.47 Å². The first-order valence-corrected chi connectivity index (χ1v) is 11.8. The zero-order valence-corrected chi connectivity index (χ0v) is 17.7. The summed E-state index contributed by atoms with van der Waals surface area (Å²) in [6.07, 6.45) is 6.67. The van der Waals surface area contributed by atoms with Crippen LogP contribution >= 0.6 is 26.0 Å². The zero-order chi connectivity index (χ0) is 18.6. The van der Waals surface area contributed by atoms with E-state index in [1.54, 1.807) is 12.1 Å².